The number of fused-ring (bicyclic) bond motifs is 1. The topological polar surface area (TPSA) is 72.6 Å². The van der Waals surface area contributed by atoms with Gasteiger partial charge in [-0.05, 0) is 49.9 Å². The minimum Gasteiger partial charge on any atom is -0.494 e. The van der Waals surface area contributed by atoms with Gasteiger partial charge >= 0.3 is 0 Å². The Bertz CT molecular complexity index is 1040. The van der Waals surface area contributed by atoms with Crippen molar-refractivity contribution in [3.05, 3.63) is 53.6 Å². The highest BCUT2D eigenvalue weighted by atomic mass is 19.3. The molecule has 0 N–H and O–H groups in total. The number of amides is 1. The van der Waals surface area contributed by atoms with Crippen molar-refractivity contribution in [1.82, 2.24) is 24.5 Å². The molecule has 0 saturated carbocycles. The monoisotopic (exact) mass is 429 g/mol. The number of rotatable bonds is 7. The third-order valence-electron chi connectivity index (χ3n) is 5.58. The van der Waals surface area contributed by atoms with Gasteiger partial charge in [-0.15, -0.1) is 0 Å². The Hall–Kier alpha value is -3.10. The molecule has 0 bridgehead atoms. The molecule has 0 aliphatic carbocycles. The average molecular weight is 429 g/mol. The fraction of sp³-hybridized carbons (Fsp3) is 0.455. The van der Waals surface area contributed by atoms with Gasteiger partial charge in [-0.1, -0.05) is 12.1 Å². The van der Waals surface area contributed by atoms with Crippen LogP contribution in [0.1, 0.15) is 55.5 Å². The molecule has 1 amide bonds. The molecule has 0 unspecified atom stereocenters. The Morgan fingerprint density at radius 2 is 2.10 bits per heavy atom. The van der Waals surface area contributed by atoms with E-state index in [4.69, 9.17) is 4.74 Å². The highest BCUT2D eigenvalue weighted by molar-refractivity contribution is 5.76. The summed E-state index contributed by atoms with van der Waals surface area (Å²) in [5.74, 6) is 0.946. The molecular weight excluding hydrogens is 404 g/mol. The molecule has 1 aliphatic rings. The minimum atomic E-state index is -2.68. The van der Waals surface area contributed by atoms with E-state index >= 15 is 0 Å². The number of ether oxygens (including phenoxy) is 1. The van der Waals surface area contributed by atoms with Gasteiger partial charge in [-0.2, -0.15) is 14.6 Å². The maximum atomic E-state index is 13.5. The van der Waals surface area contributed by atoms with Crippen LogP contribution >= 0.6 is 0 Å². The average Bonchev–Trinajstić information content (AvgIpc) is 3.26. The van der Waals surface area contributed by atoms with Crippen LogP contribution in [0, 0.1) is 0 Å². The van der Waals surface area contributed by atoms with Gasteiger partial charge in [0, 0.05) is 25.4 Å². The highest BCUT2D eigenvalue weighted by Gasteiger charge is 2.27. The van der Waals surface area contributed by atoms with Crippen LogP contribution in [0.2, 0.25) is 0 Å². The number of likely N-dealkylation sites (tertiary alicyclic amines) is 1. The van der Waals surface area contributed by atoms with Crippen LogP contribution in [-0.4, -0.2) is 50.1 Å². The highest BCUT2D eigenvalue weighted by Crippen LogP contribution is 2.29. The number of piperidine rings is 1. The summed E-state index contributed by atoms with van der Waals surface area (Å²) in [7, 11) is 0. The number of aryl methyl sites for hydroxylation is 1. The van der Waals surface area contributed by atoms with Gasteiger partial charge in [-0.25, -0.2) is 13.8 Å². The third kappa shape index (κ3) is 4.81. The van der Waals surface area contributed by atoms with Crippen LogP contribution in [0.3, 0.4) is 0 Å². The van der Waals surface area contributed by atoms with Gasteiger partial charge in [0.1, 0.15) is 17.8 Å². The number of halogens is 2. The molecule has 4 rings (SSSR count). The minimum absolute atomic E-state index is 0.0659. The Labute approximate surface area is 179 Å². The number of carbonyl (C=O) groups is 1. The van der Waals surface area contributed by atoms with E-state index in [2.05, 4.69) is 15.1 Å². The van der Waals surface area contributed by atoms with E-state index in [9.17, 15) is 13.6 Å². The predicted octanol–water partition coefficient (Wildman–Crippen LogP) is 3.80. The van der Waals surface area contributed by atoms with Gasteiger partial charge in [0.25, 0.3) is 12.2 Å². The van der Waals surface area contributed by atoms with Gasteiger partial charge in [0.15, 0.2) is 0 Å². The first-order valence-corrected chi connectivity index (χ1v) is 10.5. The van der Waals surface area contributed by atoms with Crippen molar-refractivity contribution < 1.29 is 18.3 Å². The number of nitrogens with zero attached hydrogens (tertiary/aromatic N) is 5. The van der Waals surface area contributed by atoms with Crippen LogP contribution in [0.25, 0.3) is 5.78 Å². The summed E-state index contributed by atoms with van der Waals surface area (Å²) in [5, 5.41) is 3.83. The van der Waals surface area contributed by atoms with Gasteiger partial charge in [-0.3, -0.25) is 4.79 Å². The normalized spacial score (nSPS) is 16.8. The first-order valence-electron chi connectivity index (χ1n) is 10.5. The lowest BCUT2D eigenvalue weighted by atomic mass is 9.93. The summed E-state index contributed by atoms with van der Waals surface area (Å²) < 4.78 is 33.4. The second-order valence-electron chi connectivity index (χ2n) is 7.63. The summed E-state index contributed by atoms with van der Waals surface area (Å²) >= 11 is 0. The fourth-order valence-corrected chi connectivity index (χ4v) is 3.99. The predicted molar refractivity (Wildman–Crippen MR) is 110 cm³/mol. The maximum Gasteiger partial charge on any atom is 0.280 e. The lowest BCUT2D eigenvalue weighted by molar-refractivity contribution is -0.132. The third-order valence-corrected chi connectivity index (χ3v) is 5.58. The zero-order valence-electron chi connectivity index (χ0n) is 17.4. The SMILES string of the molecule is CCOc1ccc(CCC(=O)N2CCC[C@H](c3cc(C(F)F)n4ncnc4n3)C2)cc1. The Kier molecular flexibility index (Phi) is 6.39. The quantitative estimate of drug-likeness (QED) is 0.571. The van der Waals surface area contributed by atoms with E-state index in [1.54, 1.807) is 0 Å². The molecular formula is C22H25F2N5O2. The summed E-state index contributed by atoms with van der Waals surface area (Å²) in [6.07, 6.45) is 1.19. The first kappa shape index (κ1) is 21.1. The fourth-order valence-electron chi connectivity index (χ4n) is 3.99. The van der Waals surface area contributed by atoms with E-state index in [1.165, 1.54) is 12.4 Å². The zero-order valence-corrected chi connectivity index (χ0v) is 17.4. The van der Waals surface area contributed by atoms with Crippen molar-refractivity contribution in [3.8, 4) is 5.75 Å². The second-order valence-corrected chi connectivity index (χ2v) is 7.63. The van der Waals surface area contributed by atoms with Crippen LogP contribution in [0.4, 0.5) is 8.78 Å². The maximum absolute atomic E-state index is 13.5. The number of hydrogen-bond donors (Lipinski definition) is 0. The van der Waals surface area contributed by atoms with Crippen LogP contribution in [-0.2, 0) is 11.2 Å². The van der Waals surface area contributed by atoms with Crippen LogP contribution in [0.5, 0.6) is 5.75 Å². The first-order chi connectivity index (χ1) is 15.0. The van der Waals surface area contributed by atoms with Crippen molar-refractivity contribution in [2.45, 2.75) is 45.0 Å². The second kappa shape index (κ2) is 9.36. The summed E-state index contributed by atoms with van der Waals surface area (Å²) in [5.41, 5.74) is 1.39. The van der Waals surface area contributed by atoms with E-state index < -0.39 is 6.43 Å². The molecule has 3 heterocycles. The van der Waals surface area contributed by atoms with Crippen molar-refractivity contribution in [1.29, 1.82) is 0 Å². The molecule has 3 aromatic rings. The standard InChI is InChI=1S/C22H25F2N5O2/c1-2-31-17-8-5-15(6-9-17)7-10-20(30)28-11-3-4-16(13-28)18-12-19(21(23)24)29-22(27-18)25-14-26-29/h5-6,8-9,12,14,16,21H,2-4,7,10-11,13H2,1H3/t16-/m0/s1. The molecule has 9 heteroatoms. The number of carbonyl (C=O) groups excluding carboxylic acids is 1. The number of benzene rings is 1. The van der Waals surface area contributed by atoms with Crippen molar-refractivity contribution in [2.24, 2.45) is 0 Å². The molecule has 1 saturated heterocycles. The summed E-state index contributed by atoms with van der Waals surface area (Å²) in [6.45, 7) is 3.70. The molecule has 1 fully saturated rings. The molecule has 7 nitrogen and oxygen atoms in total. The van der Waals surface area contributed by atoms with E-state index in [1.807, 2.05) is 36.1 Å². The Morgan fingerprint density at radius 1 is 1.29 bits per heavy atom. The molecule has 2 aromatic heterocycles. The number of alkyl halides is 2. The lowest BCUT2D eigenvalue weighted by Crippen LogP contribution is -2.39. The largest absolute Gasteiger partial charge is 0.494 e. The van der Waals surface area contributed by atoms with Crippen molar-refractivity contribution >= 4 is 11.7 Å². The Balaban J connectivity index is 1.41. The molecule has 1 atom stereocenters. The molecule has 0 radical (unpaired) electrons. The smallest absolute Gasteiger partial charge is 0.280 e. The number of aromatic nitrogens is 4. The molecule has 1 aromatic carbocycles. The molecule has 31 heavy (non-hydrogen) atoms. The van der Waals surface area contributed by atoms with E-state index in [-0.39, 0.29) is 23.3 Å². The van der Waals surface area contributed by atoms with Crippen molar-refractivity contribution in [3.63, 3.8) is 0 Å². The molecule has 164 valence electrons. The molecule has 0 spiro atoms. The van der Waals surface area contributed by atoms with Crippen molar-refractivity contribution in [2.75, 3.05) is 19.7 Å². The number of hydrogen-bond acceptors (Lipinski definition) is 5. The Morgan fingerprint density at radius 3 is 2.84 bits per heavy atom. The zero-order chi connectivity index (χ0) is 21.8. The lowest BCUT2D eigenvalue weighted by Gasteiger charge is -2.32. The molecule has 1 aliphatic heterocycles. The summed E-state index contributed by atoms with van der Waals surface area (Å²) in [6, 6.07) is 9.16. The van der Waals surface area contributed by atoms with Gasteiger partial charge in [0.05, 0.1) is 12.3 Å². The van der Waals surface area contributed by atoms with Gasteiger partial charge in [0.2, 0.25) is 5.91 Å². The van der Waals surface area contributed by atoms with Gasteiger partial charge < -0.3 is 9.64 Å². The van der Waals surface area contributed by atoms with E-state index in [0.29, 0.717) is 38.2 Å². The van der Waals surface area contributed by atoms with Crippen LogP contribution in [0.15, 0.2) is 36.7 Å². The summed E-state index contributed by atoms with van der Waals surface area (Å²) in [4.78, 5) is 23.0. The van der Waals surface area contributed by atoms with E-state index in [0.717, 1.165) is 28.7 Å². The van der Waals surface area contributed by atoms with Crippen LogP contribution < -0.4 is 4.74 Å².